The Hall–Kier alpha value is -3.93. The number of aromatic nitrogens is 2. The van der Waals surface area contributed by atoms with Crippen LogP contribution in [0.3, 0.4) is 0 Å². The topological polar surface area (TPSA) is 67.2 Å². The summed E-state index contributed by atoms with van der Waals surface area (Å²) in [5.74, 6) is 0.435. The van der Waals surface area contributed by atoms with Gasteiger partial charge in [0.1, 0.15) is 12.4 Å². The number of carbonyl (C=O) groups excluding carboxylic acids is 2. The number of para-hydroxylation sites is 3. The number of rotatable bonds is 7. The Morgan fingerprint density at radius 1 is 0.941 bits per heavy atom. The van der Waals surface area contributed by atoms with Crippen molar-refractivity contribution in [2.24, 2.45) is 0 Å². The monoisotopic (exact) mass is 454 g/mol. The van der Waals surface area contributed by atoms with Crippen molar-refractivity contribution in [3.8, 4) is 0 Å². The summed E-state index contributed by atoms with van der Waals surface area (Å²) in [5.41, 5.74) is 4.12. The van der Waals surface area contributed by atoms with Crippen LogP contribution < -0.4 is 10.2 Å². The SMILES string of the molecule is Cc1cccc(C(=O)NC(C)c2nc3ccccc3n2CC(=O)N(c2ccccc2)C(C)C)c1. The van der Waals surface area contributed by atoms with Gasteiger partial charge in [0.2, 0.25) is 5.91 Å². The van der Waals surface area contributed by atoms with E-state index in [2.05, 4.69) is 5.32 Å². The van der Waals surface area contributed by atoms with Crippen LogP contribution >= 0.6 is 0 Å². The molecule has 1 atom stereocenters. The van der Waals surface area contributed by atoms with Gasteiger partial charge < -0.3 is 14.8 Å². The van der Waals surface area contributed by atoms with Crippen LogP contribution in [0.25, 0.3) is 11.0 Å². The van der Waals surface area contributed by atoms with Crippen molar-refractivity contribution in [1.82, 2.24) is 14.9 Å². The van der Waals surface area contributed by atoms with Crippen molar-refractivity contribution in [3.05, 3.63) is 95.8 Å². The predicted molar refractivity (Wildman–Crippen MR) is 136 cm³/mol. The van der Waals surface area contributed by atoms with Crippen LogP contribution in [0.15, 0.2) is 78.9 Å². The maximum atomic E-state index is 13.5. The number of amides is 2. The molecule has 1 aromatic heterocycles. The number of fused-ring (bicyclic) bond motifs is 1. The van der Waals surface area contributed by atoms with E-state index in [0.29, 0.717) is 11.4 Å². The molecule has 2 amide bonds. The quantitative estimate of drug-likeness (QED) is 0.413. The van der Waals surface area contributed by atoms with Crippen molar-refractivity contribution >= 4 is 28.5 Å². The van der Waals surface area contributed by atoms with Gasteiger partial charge in [-0.3, -0.25) is 9.59 Å². The van der Waals surface area contributed by atoms with Gasteiger partial charge in [0.25, 0.3) is 5.91 Å². The molecule has 0 spiro atoms. The Bertz CT molecular complexity index is 1310. The second kappa shape index (κ2) is 9.91. The third-order valence-electron chi connectivity index (χ3n) is 5.81. The molecule has 0 aliphatic rings. The number of benzene rings is 3. The molecule has 0 saturated carbocycles. The molecular weight excluding hydrogens is 424 g/mol. The van der Waals surface area contributed by atoms with Crippen molar-refractivity contribution in [3.63, 3.8) is 0 Å². The van der Waals surface area contributed by atoms with Gasteiger partial charge >= 0.3 is 0 Å². The number of nitrogens with one attached hydrogen (secondary N) is 1. The zero-order chi connectivity index (χ0) is 24.2. The first-order chi connectivity index (χ1) is 16.3. The lowest BCUT2D eigenvalue weighted by Gasteiger charge is -2.28. The van der Waals surface area contributed by atoms with E-state index in [-0.39, 0.29) is 24.4 Å². The number of carbonyl (C=O) groups is 2. The molecule has 6 heteroatoms. The number of aryl methyl sites for hydroxylation is 1. The van der Waals surface area contributed by atoms with Gasteiger partial charge in [-0.1, -0.05) is 48.0 Å². The molecule has 0 aliphatic carbocycles. The van der Waals surface area contributed by atoms with Crippen molar-refractivity contribution < 1.29 is 9.59 Å². The largest absolute Gasteiger partial charge is 0.342 e. The van der Waals surface area contributed by atoms with Gasteiger partial charge in [-0.2, -0.15) is 0 Å². The Kier molecular flexibility index (Phi) is 6.77. The maximum Gasteiger partial charge on any atom is 0.251 e. The van der Waals surface area contributed by atoms with Gasteiger partial charge in [-0.05, 0) is 64.1 Å². The van der Waals surface area contributed by atoms with Crippen LogP contribution in [0.5, 0.6) is 0 Å². The van der Waals surface area contributed by atoms with Crippen molar-refractivity contribution in [2.45, 2.75) is 46.3 Å². The lowest BCUT2D eigenvalue weighted by atomic mass is 10.1. The number of nitrogens with zero attached hydrogens (tertiary/aromatic N) is 3. The number of hydrogen-bond acceptors (Lipinski definition) is 3. The summed E-state index contributed by atoms with van der Waals surface area (Å²) in [6.07, 6.45) is 0. The van der Waals surface area contributed by atoms with Crippen LogP contribution in [0, 0.1) is 6.92 Å². The van der Waals surface area contributed by atoms with Gasteiger partial charge in [-0.25, -0.2) is 4.98 Å². The van der Waals surface area contributed by atoms with Gasteiger partial charge in [0, 0.05) is 17.3 Å². The van der Waals surface area contributed by atoms with E-state index in [1.54, 1.807) is 11.0 Å². The number of anilines is 1. The molecular formula is C28H30N4O2. The lowest BCUT2D eigenvalue weighted by molar-refractivity contribution is -0.119. The summed E-state index contributed by atoms with van der Waals surface area (Å²) < 4.78 is 1.91. The molecule has 174 valence electrons. The van der Waals surface area contributed by atoms with Crippen molar-refractivity contribution in [2.75, 3.05) is 4.90 Å². The van der Waals surface area contributed by atoms with Crippen molar-refractivity contribution in [1.29, 1.82) is 0 Å². The highest BCUT2D eigenvalue weighted by molar-refractivity contribution is 5.95. The third-order valence-corrected chi connectivity index (χ3v) is 5.81. The number of hydrogen-bond donors (Lipinski definition) is 1. The fourth-order valence-electron chi connectivity index (χ4n) is 4.25. The molecule has 1 unspecified atom stereocenters. The molecule has 4 rings (SSSR count). The zero-order valence-electron chi connectivity index (χ0n) is 20.0. The molecule has 1 N–H and O–H groups in total. The highest BCUT2D eigenvalue weighted by Crippen LogP contribution is 2.23. The molecule has 0 saturated heterocycles. The standard InChI is InChI=1S/C28H30N4O2/c1-19(2)32(23-13-6-5-7-14-23)26(33)18-31-25-16-9-8-15-24(25)30-27(31)21(4)29-28(34)22-12-10-11-20(3)17-22/h5-17,19,21H,18H2,1-4H3,(H,29,34). The third kappa shape index (κ3) is 4.86. The molecule has 0 bridgehead atoms. The van der Waals surface area contributed by atoms with Crippen LogP contribution in [0.4, 0.5) is 5.69 Å². The summed E-state index contributed by atoms with van der Waals surface area (Å²) in [5, 5.41) is 3.05. The summed E-state index contributed by atoms with van der Waals surface area (Å²) in [6, 6.07) is 24.5. The molecule has 4 aromatic rings. The van der Waals surface area contributed by atoms with E-state index in [9.17, 15) is 9.59 Å². The Balaban J connectivity index is 1.66. The average Bonchev–Trinajstić information content (AvgIpc) is 3.18. The van der Waals surface area contributed by atoms with E-state index in [1.165, 1.54) is 0 Å². The molecule has 0 aliphatic heterocycles. The Morgan fingerprint density at radius 2 is 1.65 bits per heavy atom. The van der Waals surface area contributed by atoms with E-state index in [0.717, 1.165) is 22.3 Å². The summed E-state index contributed by atoms with van der Waals surface area (Å²) in [7, 11) is 0. The summed E-state index contributed by atoms with van der Waals surface area (Å²) in [4.78, 5) is 33.0. The second-order valence-electron chi connectivity index (χ2n) is 8.80. The molecule has 34 heavy (non-hydrogen) atoms. The van der Waals surface area contributed by atoms with Gasteiger partial charge in [0.05, 0.1) is 17.1 Å². The van der Waals surface area contributed by atoms with E-state index >= 15 is 0 Å². The van der Waals surface area contributed by atoms with Crippen LogP contribution in [-0.2, 0) is 11.3 Å². The van der Waals surface area contributed by atoms with Gasteiger partial charge in [0.15, 0.2) is 0 Å². The lowest BCUT2D eigenvalue weighted by Crippen LogP contribution is -2.40. The minimum atomic E-state index is -0.391. The highest BCUT2D eigenvalue weighted by atomic mass is 16.2. The summed E-state index contributed by atoms with van der Waals surface area (Å²) in [6.45, 7) is 7.98. The van der Waals surface area contributed by atoms with E-state index in [4.69, 9.17) is 4.98 Å². The fraction of sp³-hybridized carbons (Fsp3) is 0.250. The average molecular weight is 455 g/mol. The predicted octanol–water partition coefficient (Wildman–Crippen LogP) is 5.28. The fourth-order valence-corrected chi connectivity index (χ4v) is 4.25. The molecule has 0 fully saturated rings. The second-order valence-corrected chi connectivity index (χ2v) is 8.80. The highest BCUT2D eigenvalue weighted by Gasteiger charge is 2.24. The van der Waals surface area contributed by atoms with E-state index < -0.39 is 6.04 Å². The Morgan fingerprint density at radius 3 is 2.35 bits per heavy atom. The smallest absolute Gasteiger partial charge is 0.251 e. The van der Waals surface area contributed by atoms with Gasteiger partial charge in [-0.15, -0.1) is 0 Å². The van der Waals surface area contributed by atoms with Crippen LogP contribution in [0.2, 0.25) is 0 Å². The zero-order valence-corrected chi connectivity index (χ0v) is 20.0. The first-order valence-corrected chi connectivity index (χ1v) is 11.5. The van der Waals surface area contributed by atoms with E-state index in [1.807, 2.05) is 105 Å². The molecule has 0 radical (unpaired) electrons. The minimum Gasteiger partial charge on any atom is -0.342 e. The maximum absolute atomic E-state index is 13.5. The molecule has 1 heterocycles. The normalized spacial score (nSPS) is 12.0. The number of imidazole rings is 1. The summed E-state index contributed by atoms with van der Waals surface area (Å²) >= 11 is 0. The first-order valence-electron chi connectivity index (χ1n) is 11.5. The van der Waals surface area contributed by atoms with Crippen LogP contribution in [-0.4, -0.2) is 27.4 Å². The molecule has 6 nitrogen and oxygen atoms in total. The first kappa shape index (κ1) is 23.2. The minimum absolute atomic E-state index is 0.00779. The Labute approximate surface area is 200 Å². The molecule has 3 aromatic carbocycles. The van der Waals surface area contributed by atoms with Crippen LogP contribution in [0.1, 0.15) is 48.6 Å².